The number of amides is 1. The number of ether oxygens (including phenoxy) is 5. The fourth-order valence-electron chi connectivity index (χ4n) is 4.35. The lowest BCUT2D eigenvalue weighted by molar-refractivity contribution is -0.126. The Bertz CT molecular complexity index is 1250. The molecule has 0 fully saturated rings. The van der Waals surface area contributed by atoms with Gasteiger partial charge in [-0.05, 0) is 47.5 Å². The zero-order chi connectivity index (χ0) is 27.7. The second-order valence-corrected chi connectivity index (χ2v) is 9.07. The van der Waals surface area contributed by atoms with Crippen LogP contribution >= 0.6 is 0 Å². The summed E-state index contributed by atoms with van der Waals surface area (Å²) in [5.41, 5.74) is 1.36. The van der Waals surface area contributed by atoms with Crippen molar-refractivity contribution in [3.05, 3.63) is 83.4 Å². The number of hydrogen-bond acceptors (Lipinski definition) is 8. The van der Waals surface area contributed by atoms with E-state index in [1.165, 1.54) is 0 Å². The Labute approximate surface area is 228 Å². The molecular formula is C30H34N2O7. The number of aliphatic imine (C=N–C) groups is 1. The lowest BCUT2D eigenvalue weighted by atomic mass is 9.91. The van der Waals surface area contributed by atoms with E-state index in [1.54, 1.807) is 33.5 Å². The van der Waals surface area contributed by atoms with E-state index in [-0.39, 0.29) is 25.7 Å². The van der Waals surface area contributed by atoms with Crippen LogP contribution in [0.15, 0.2) is 71.7 Å². The number of carbonyl (C=O) groups excluding carboxylic acids is 1. The summed E-state index contributed by atoms with van der Waals surface area (Å²) < 4.78 is 27.9. The predicted molar refractivity (Wildman–Crippen MR) is 147 cm³/mol. The molecule has 0 saturated carbocycles. The molecule has 2 N–H and O–H groups in total. The zero-order valence-electron chi connectivity index (χ0n) is 22.4. The summed E-state index contributed by atoms with van der Waals surface area (Å²) in [6, 6.07) is 20.7. The van der Waals surface area contributed by atoms with Crippen LogP contribution in [0.1, 0.15) is 23.1 Å². The van der Waals surface area contributed by atoms with Crippen molar-refractivity contribution < 1.29 is 33.6 Å². The first-order chi connectivity index (χ1) is 19.0. The number of benzene rings is 3. The number of hydrogen-bond donors (Lipinski definition) is 2. The van der Waals surface area contributed by atoms with Crippen molar-refractivity contribution in [2.75, 3.05) is 41.2 Å². The summed E-state index contributed by atoms with van der Waals surface area (Å²) >= 11 is 0. The Morgan fingerprint density at radius 1 is 0.974 bits per heavy atom. The quantitative estimate of drug-likeness (QED) is 0.323. The fourth-order valence-corrected chi connectivity index (χ4v) is 4.35. The lowest BCUT2D eigenvalue weighted by Gasteiger charge is -2.23. The number of nitrogens with zero attached hydrogens (tertiary/aromatic N) is 1. The Morgan fingerprint density at radius 2 is 1.67 bits per heavy atom. The molecule has 4 rings (SSSR count). The largest absolute Gasteiger partial charge is 0.494 e. The number of methoxy groups -OCH3 is 3. The van der Waals surface area contributed by atoms with Crippen LogP contribution in [0.5, 0.6) is 23.0 Å². The van der Waals surface area contributed by atoms with Gasteiger partial charge in [0.05, 0.1) is 27.9 Å². The second-order valence-electron chi connectivity index (χ2n) is 9.07. The van der Waals surface area contributed by atoms with Gasteiger partial charge in [0, 0.05) is 31.6 Å². The van der Waals surface area contributed by atoms with Gasteiger partial charge >= 0.3 is 0 Å². The highest BCUT2D eigenvalue weighted by Crippen LogP contribution is 2.38. The average Bonchev–Trinajstić information content (AvgIpc) is 3.41. The minimum atomic E-state index is -1.15. The van der Waals surface area contributed by atoms with E-state index in [4.69, 9.17) is 33.8 Å². The van der Waals surface area contributed by atoms with Gasteiger partial charge in [-0.15, -0.1) is 0 Å². The van der Waals surface area contributed by atoms with Crippen LogP contribution in [0.2, 0.25) is 0 Å². The summed E-state index contributed by atoms with van der Waals surface area (Å²) in [7, 11) is 4.64. The minimum absolute atomic E-state index is 0.0772. The third-order valence-electron chi connectivity index (χ3n) is 6.38. The molecule has 1 aliphatic heterocycles. The molecule has 0 bridgehead atoms. The Balaban J connectivity index is 1.56. The van der Waals surface area contributed by atoms with Crippen molar-refractivity contribution >= 4 is 11.8 Å². The number of rotatable bonds is 13. The molecule has 206 valence electrons. The minimum Gasteiger partial charge on any atom is -0.494 e. The van der Waals surface area contributed by atoms with Crippen LogP contribution in [0, 0.1) is 0 Å². The van der Waals surface area contributed by atoms with Gasteiger partial charge in [-0.2, -0.15) is 0 Å². The third-order valence-corrected chi connectivity index (χ3v) is 6.38. The molecule has 0 radical (unpaired) electrons. The van der Waals surface area contributed by atoms with Gasteiger partial charge in [0.25, 0.3) is 5.91 Å². The fraction of sp³-hybridized carbons (Fsp3) is 0.333. The first kappa shape index (κ1) is 27.8. The third kappa shape index (κ3) is 6.61. The summed E-state index contributed by atoms with van der Waals surface area (Å²) in [6.07, 6.45) is 0.936. The van der Waals surface area contributed by atoms with Crippen LogP contribution < -0.4 is 24.3 Å². The maximum atomic E-state index is 13.7. The van der Waals surface area contributed by atoms with Crippen molar-refractivity contribution in [2.45, 2.75) is 24.9 Å². The van der Waals surface area contributed by atoms with E-state index < -0.39 is 5.54 Å². The topological polar surface area (TPSA) is 108 Å². The van der Waals surface area contributed by atoms with Gasteiger partial charge in [0.15, 0.2) is 17.0 Å². The van der Waals surface area contributed by atoms with Crippen molar-refractivity contribution in [3.8, 4) is 23.0 Å². The summed E-state index contributed by atoms with van der Waals surface area (Å²) in [4.78, 5) is 18.6. The first-order valence-electron chi connectivity index (χ1n) is 12.7. The summed E-state index contributed by atoms with van der Waals surface area (Å²) in [5, 5.41) is 12.0. The van der Waals surface area contributed by atoms with Crippen LogP contribution in [0.25, 0.3) is 0 Å². The molecule has 0 saturated heterocycles. The molecule has 0 spiro atoms. The molecule has 9 nitrogen and oxygen atoms in total. The van der Waals surface area contributed by atoms with E-state index in [2.05, 4.69) is 5.32 Å². The SMILES string of the molecule is COc1cc(CNC(=O)[C@@]2(Cc3ccccc3)COC(c3ccc(OCCCO)cc3)=N2)cc(OC)c1OC. The van der Waals surface area contributed by atoms with E-state index in [0.717, 1.165) is 16.7 Å². The Hall–Kier alpha value is -4.24. The molecule has 1 aliphatic rings. The zero-order valence-corrected chi connectivity index (χ0v) is 22.4. The number of carbonyl (C=O) groups is 1. The molecule has 39 heavy (non-hydrogen) atoms. The van der Waals surface area contributed by atoms with Crippen molar-refractivity contribution in [1.82, 2.24) is 5.32 Å². The molecule has 1 heterocycles. The molecule has 0 aliphatic carbocycles. The first-order valence-corrected chi connectivity index (χ1v) is 12.7. The molecule has 1 atom stereocenters. The van der Waals surface area contributed by atoms with Crippen molar-refractivity contribution in [3.63, 3.8) is 0 Å². The van der Waals surface area contributed by atoms with E-state index in [9.17, 15) is 4.79 Å². The Morgan fingerprint density at radius 3 is 2.28 bits per heavy atom. The molecule has 1 amide bonds. The summed E-state index contributed by atoms with van der Waals surface area (Å²) in [5.74, 6) is 2.33. The lowest BCUT2D eigenvalue weighted by Crippen LogP contribution is -2.48. The number of nitrogens with one attached hydrogen (secondary N) is 1. The highest BCUT2D eigenvalue weighted by atomic mass is 16.5. The molecule has 0 unspecified atom stereocenters. The monoisotopic (exact) mass is 534 g/mol. The molecule has 9 heteroatoms. The van der Waals surface area contributed by atoms with Gasteiger partial charge < -0.3 is 34.1 Å². The van der Waals surface area contributed by atoms with Gasteiger partial charge in [0.2, 0.25) is 11.6 Å². The van der Waals surface area contributed by atoms with E-state index in [1.807, 2.05) is 54.6 Å². The van der Waals surface area contributed by atoms with Gasteiger partial charge in [-0.3, -0.25) is 4.79 Å². The molecule has 0 aromatic heterocycles. The summed E-state index contributed by atoms with van der Waals surface area (Å²) in [6.45, 7) is 0.845. The number of aliphatic hydroxyl groups excluding tert-OH is 1. The Kier molecular flexibility index (Phi) is 9.27. The van der Waals surface area contributed by atoms with Crippen LogP contribution in [-0.2, 0) is 22.5 Å². The van der Waals surface area contributed by atoms with Crippen molar-refractivity contribution in [1.29, 1.82) is 0 Å². The van der Waals surface area contributed by atoms with Gasteiger partial charge in [-0.1, -0.05) is 30.3 Å². The van der Waals surface area contributed by atoms with Crippen LogP contribution in [-0.4, -0.2) is 63.6 Å². The number of aliphatic hydroxyl groups is 1. The smallest absolute Gasteiger partial charge is 0.252 e. The normalized spacial score (nSPS) is 16.2. The van der Waals surface area contributed by atoms with Crippen LogP contribution in [0.4, 0.5) is 0 Å². The molecule has 3 aromatic carbocycles. The second kappa shape index (κ2) is 13.0. The maximum absolute atomic E-state index is 13.7. The predicted octanol–water partition coefficient (Wildman–Crippen LogP) is 3.55. The van der Waals surface area contributed by atoms with E-state index >= 15 is 0 Å². The van der Waals surface area contributed by atoms with Gasteiger partial charge in [-0.25, -0.2) is 4.99 Å². The van der Waals surface area contributed by atoms with E-state index in [0.29, 0.717) is 48.3 Å². The molecule has 3 aromatic rings. The average molecular weight is 535 g/mol. The maximum Gasteiger partial charge on any atom is 0.252 e. The van der Waals surface area contributed by atoms with Crippen LogP contribution in [0.3, 0.4) is 0 Å². The molecular weight excluding hydrogens is 500 g/mol. The standard InChI is InChI=1S/C30H34N2O7/c1-35-25-16-22(17-26(36-2)27(25)37-3)19-31-29(34)30(18-21-8-5-4-6-9-21)20-39-28(32-30)23-10-12-24(13-11-23)38-15-7-14-33/h4-6,8-13,16-17,33H,7,14-15,18-20H2,1-3H3,(H,31,34)/t30-/m1/s1. The van der Waals surface area contributed by atoms with Crippen molar-refractivity contribution in [2.24, 2.45) is 4.99 Å². The van der Waals surface area contributed by atoms with Gasteiger partial charge in [0.1, 0.15) is 12.4 Å². The highest BCUT2D eigenvalue weighted by molar-refractivity contribution is 6.00. The highest BCUT2D eigenvalue weighted by Gasteiger charge is 2.44.